The Morgan fingerprint density at radius 3 is 2.65 bits per heavy atom. The number of nitrogens with zero attached hydrogens (tertiary/aromatic N) is 5. The number of para-hydroxylation sites is 1. The lowest BCUT2D eigenvalue weighted by Gasteiger charge is -2.30. The smallest absolute Gasteiger partial charge is 0.342 e. The minimum atomic E-state index is -3.65. The Bertz CT molecular complexity index is 1410. The van der Waals surface area contributed by atoms with Crippen LogP contribution in [-0.4, -0.2) is 79.5 Å². The first kappa shape index (κ1) is 27.3. The molecule has 3 aromatic rings. The van der Waals surface area contributed by atoms with Crippen molar-refractivity contribution in [3.63, 3.8) is 0 Å². The van der Waals surface area contributed by atoms with E-state index in [0.29, 0.717) is 22.7 Å². The number of hydrogen-bond donors (Lipinski definition) is 2. The lowest BCUT2D eigenvalue weighted by atomic mass is 10.1. The molecule has 1 unspecified atom stereocenters. The maximum absolute atomic E-state index is 14.9. The Labute approximate surface area is 230 Å². The highest BCUT2D eigenvalue weighted by Crippen LogP contribution is 2.40. The zero-order valence-electron chi connectivity index (χ0n) is 22.5. The molecule has 1 saturated heterocycles. The molecule has 0 spiro atoms. The number of piperidine rings is 1. The molecule has 2 amide bonds. The molecule has 0 bridgehead atoms. The van der Waals surface area contributed by atoms with Gasteiger partial charge >= 0.3 is 5.92 Å². The molecule has 40 heavy (non-hydrogen) atoms. The van der Waals surface area contributed by atoms with Crippen LogP contribution in [0, 0.1) is 0 Å². The summed E-state index contributed by atoms with van der Waals surface area (Å²) >= 11 is 0. The molecule has 1 aromatic heterocycles. The fourth-order valence-corrected chi connectivity index (χ4v) is 4.99. The molecule has 2 aliphatic rings. The van der Waals surface area contributed by atoms with E-state index in [9.17, 15) is 18.4 Å². The molecular weight excluding hydrogens is 520 g/mol. The summed E-state index contributed by atoms with van der Waals surface area (Å²) in [6.07, 6.45) is 3.28. The van der Waals surface area contributed by atoms with Gasteiger partial charge in [-0.2, -0.15) is 13.8 Å². The van der Waals surface area contributed by atoms with Gasteiger partial charge in [0.2, 0.25) is 5.95 Å². The Morgan fingerprint density at radius 2 is 1.93 bits per heavy atom. The highest BCUT2D eigenvalue weighted by atomic mass is 19.3. The van der Waals surface area contributed by atoms with Crippen LogP contribution in [0.5, 0.6) is 5.75 Å². The van der Waals surface area contributed by atoms with Crippen LogP contribution in [0.3, 0.4) is 0 Å². The number of fused-ring (bicyclic) bond motifs is 1. The van der Waals surface area contributed by atoms with Gasteiger partial charge in [-0.3, -0.25) is 9.59 Å². The molecule has 12 heteroatoms. The molecule has 210 valence electrons. The van der Waals surface area contributed by atoms with Gasteiger partial charge in [0.1, 0.15) is 11.4 Å². The number of likely N-dealkylation sites (tertiary alicyclic amines) is 1. The predicted molar refractivity (Wildman–Crippen MR) is 148 cm³/mol. The van der Waals surface area contributed by atoms with Gasteiger partial charge in [-0.25, -0.2) is 4.98 Å². The van der Waals surface area contributed by atoms with Crippen molar-refractivity contribution in [2.75, 3.05) is 56.0 Å². The summed E-state index contributed by atoms with van der Waals surface area (Å²) < 4.78 is 35.3. The second-order valence-corrected chi connectivity index (χ2v) is 10.0. The molecule has 10 nitrogen and oxygen atoms in total. The van der Waals surface area contributed by atoms with Gasteiger partial charge < -0.3 is 30.1 Å². The second kappa shape index (κ2) is 11.0. The largest absolute Gasteiger partial charge is 0.495 e. The number of amides is 2. The average Bonchev–Trinajstić information content (AvgIpc) is 3.02. The van der Waals surface area contributed by atoms with Crippen molar-refractivity contribution in [3.05, 3.63) is 60.3 Å². The van der Waals surface area contributed by atoms with Crippen molar-refractivity contribution in [2.24, 2.45) is 0 Å². The molecule has 1 fully saturated rings. The highest BCUT2D eigenvalue weighted by molar-refractivity contribution is 6.02. The number of methoxy groups -OCH3 is 1. The van der Waals surface area contributed by atoms with Crippen molar-refractivity contribution in [2.45, 2.75) is 24.8 Å². The second-order valence-electron chi connectivity index (χ2n) is 10.0. The van der Waals surface area contributed by atoms with Crippen molar-refractivity contribution in [1.82, 2.24) is 20.2 Å². The Hall–Kier alpha value is -4.32. The van der Waals surface area contributed by atoms with Crippen LogP contribution in [0.15, 0.2) is 54.7 Å². The molecule has 2 N–H and O–H groups in total. The third-order valence-electron chi connectivity index (χ3n) is 7.08. The molecule has 2 aliphatic heterocycles. The van der Waals surface area contributed by atoms with Crippen molar-refractivity contribution < 1.29 is 23.1 Å². The van der Waals surface area contributed by atoms with Crippen molar-refractivity contribution in [1.29, 1.82) is 0 Å². The normalized spacial score (nSPS) is 19.0. The third-order valence-corrected chi connectivity index (χ3v) is 7.08. The summed E-state index contributed by atoms with van der Waals surface area (Å²) in [5, 5.41) is 6.14. The predicted octanol–water partition coefficient (Wildman–Crippen LogP) is 3.80. The van der Waals surface area contributed by atoms with Gasteiger partial charge in [-0.1, -0.05) is 18.2 Å². The van der Waals surface area contributed by atoms with Crippen molar-refractivity contribution in [3.8, 4) is 5.75 Å². The number of anilines is 5. The SMILES string of the molecule is COc1cc(C(=O)NC2CCCN(C)C2)ccc1Nc1ncc2c(n1)N(c1ccccc1)CC(F)(F)C(=O)N2C. The van der Waals surface area contributed by atoms with E-state index in [0.717, 1.165) is 30.8 Å². The van der Waals surface area contributed by atoms with Gasteiger partial charge in [0.05, 0.1) is 25.5 Å². The number of carbonyl (C=O) groups is 2. The molecule has 0 radical (unpaired) electrons. The van der Waals surface area contributed by atoms with Gasteiger partial charge in [0.25, 0.3) is 11.8 Å². The van der Waals surface area contributed by atoms with Crippen LogP contribution in [0.2, 0.25) is 0 Å². The van der Waals surface area contributed by atoms with E-state index in [2.05, 4.69) is 25.5 Å². The third kappa shape index (κ3) is 5.53. The van der Waals surface area contributed by atoms with Crippen LogP contribution in [0.1, 0.15) is 23.2 Å². The number of ether oxygens (including phenoxy) is 1. The summed E-state index contributed by atoms with van der Waals surface area (Å²) in [6.45, 7) is 0.932. The number of hydrogen-bond acceptors (Lipinski definition) is 8. The van der Waals surface area contributed by atoms with Gasteiger partial charge in [-0.15, -0.1) is 0 Å². The molecule has 3 heterocycles. The van der Waals surface area contributed by atoms with Gasteiger partial charge in [-0.05, 0) is 56.8 Å². The van der Waals surface area contributed by atoms with Crippen LogP contribution in [0.25, 0.3) is 0 Å². The summed E-state index contributed by atoms with van der Waals surface area (Å²) in [7, 11) is 4.79. The minimum Gasteiger partial charge on any atom is -0.495 e. The number of carbonyl (C=O) groups excluding carboxylic acids is 2. The number of benzene rings is 2. The van der Waals surface area contributed by atoms with Crippen molar-refractivity contribution >= 4 is 40.6 Å². The minimum absolute atomic E-state index is 0.0768. The molecular formula is C28H31F2N7O3. The number of likely N-dealkylation sites (N-methyl/N-ethyl adjacent to an activating group) is 1. The number of halogens is 2. The zero-order valence-corrected chi connectivity index (χ0v) is 22.5. The van der Waals surface area contributed by atoms with E-state index in [1.807, 2.05) is 7.05 Å². The van der Waals surface area contributed by atoms with E-state index in [-0.39, 0.29) is 29.4 Å². The zero-order chi connectivity index (χ0) is 28.4. The van der Waals surface area contributed by atoms with E-state index >= 15 is 0 Å². The average molecular weight is 552 g/mol. The molecule has 0 aliphatic carbocycles. The first-order valence-electron chi connectivity index (χ1n) is 13.0. The van der Waals surface area contributed by atoms with E-state index < -0.39 is 18.4 Å². The Morgan fingerprint density at radius 1 is 1.15 bits per heavy atom. The lowest BCUT2D eigenvalue weighted by molar-refractivity contribution is -0.140. The standard InChI is InChI=1S/C28H31F2N7O3/c1-35-13-7-8-19(16-35)32-25(38)18-11-12-21(23(14-18)40-3)33-27-31-15-22-24(34-27)37(20-9-5-4-6-10-20)17-28(29,30)26(39)36(22)2/h4-6,9-12,14-15,19H,7-8,13,16-17H2,1-3H3,(H,32,38)(H,31,33,34). The lowest BCUT2D eigenvalue weighted by Crippen LogP contribution is -2.46. The van der Waals surface area contributed by atoms with Crippen LogP contribution < -0.4 is 25.2 Å². The van der Waals surface area contributed by atoms with E-state index in [4.69, 9.17) is 4.74 Å². The molecule has 2 aromatic carbocycles. The van der Waals surface area contributed by atoms with Crippen LogP contribution in [0.4, 0.5) is 37.6 Å². The number of nitrogens with one attached hydrogen (secondary N) is 2. The molecule has 0 saturated carbocycles. The Kier molecular flexibility index (Phi) is 7.53. The number of rotatable bonds is 6. The van der Waals surface area contributed by atoms with E-state index in [1.165, 1.54) is 25.3 Å². The summed E-state index contributed by atoms with van der Waals surface area (Å²) in [5.41, 5.74) is 1.51. The fraction of sp³-hybridized carbons (Fsp3) is 0.357. The molecule has 1 atom stereocenters. The van der Waals surface area contributed by atoms with Gasteiger partial charge in [0.15, 0.2) is 5.82 Å². The first-order valence-corrected chi connectivity index (χ1v) is 13.0. The number of aromatic nitrogens is 2. The number of alkyl halides is 2. The summed E-state index contributed by atoms with van der Waals surface area (Å²) in [4.78, 5) is 38.6. The maximum Gasteiger partial charge on any atom is 0.342 e. The van der Waals surface area contributed by atoms with Gasteiger partial charge in [0, 0.05) is 30.9 Å². The topological polar surface area (TPSA) is 103 Å². The van der Waals surface area contributed by atoms with Crippen LogP contribution in [-0.2, 0) is 4.79 Å². The first-order chi connectivity index (χ1) is 19.2. The summed E-state index contributed by atoms with van der Waals surface area (Å²) in [6, 6.07) is 13.6. The Balaban J connectivity index is 1.43. The summed E-state index contributed by atoms with van der Waals surface area (Å²) in [5.74, 6) is -4.56. The fourth-order valence-electron chi connectivity index (χ4n) is 4.99. The van der Waals surface area contributed by atoms with Crippen LogP contribution >= 0.6 is 0 Å². The monoisotopic (exact) mass is 551 g/mol. The molecule has 5 rings (SSSR count). The highest BCUT2D eigenvalue weighted by Gasteiger charge is 2.47. The quantitative estimate of drug-likeness (QED) is 0.477. The van der Waals surface area contributed by atoms with E-state index in [1.54, 1.807) is 48.5 Å². The maximum atomic E-state index is 14.9.